The van der Waals surface area contributed by atoms with Crippen molar-refractivity contribution in [3.05, 3.63) is 35.4 Å². The molecule has 3 rings (SSSR count). The van der Waals surface area contributed by atoms with Crippen LogP contribution in [0.1, 0.15) is 49.7 Å². The molecule has 0 bridgehead atoms. The van der Waals surface area contributed by atoms with Gasteiger partial charge in [0, 0.05) is 25.7 Å². The molecule has 126 valence electrons. The molecule has 1 aliphatic heterocycles. The van der Waals surface area contributed by atoms with E-state index in [0.29, 0.717) is 12.0 Å². The highest BCUT2D eigenvalue weighted by Crippen LogP contribution is 2.18. The smallest absolute Gasteiger partial charge is 0.188 e. The first-order chi connectivity index (χ1) is 11.3. The first-order valence-corrected chi connectivity index (χ1v) is 9.17. The SMILES string of the molecule is NC(=NCCN1CCc2ccccc2C1)NC1CCCCCC1. The third kappa shape index (κ3) is 4.96. The Morgan fingerprint density at radius 1 is 1.13 bits per heavy atom. The van der Waals surface area contributed by atoms with Gasteiger partial charge in [0.25, 0.3) is 0 Å². The van der Waals surface area contributed by atoms with E-state index in [0.717, 1.165) is 32.6 Å². The Kier molecular flexibility index (Phi) is 5.92. The van der Waals surface area contributed by atoms with Gasteiger partial charge in [-0.25, -0.2) is 0 Å². The number of benzene rings is 1. The molecule has 0 spiro atoms. The minimum Gasteiger partial charge on any atom is -0.370 e. The monoisotopic (exact) mass is 314 g/mol. The van der Waals surface area contributed by atoms with Crippen molar-refractivity contribution in [2.45, 2.75) is 57.5 Å². The lowest BCUT2D eigenvalue weighted by molar-refractivity contribution is 0.261. The van der Waals surface area contributed by atoms with Gasteiger partial charge in [-0.3, -0.25) is 9.89 Å². The fourth-order valence-corrected chi connectivity index (χ4v) is 3.74. The van der Waals surface area contributed by atoms with Crippen LogP contribution in [0.15, 0.2) is 29.3 Å². The standard InChI is InChI=1S/C19H30N4/c20-19(22-18-9-3-1-2-4-10-18)21-12-14-23-13-11-16-7-5-6-8-17(16)15-23/h5-8,18H,1-4,9-15H2,(H3,20,21,22). The fraction of sp³-hybridized carbons (Fsp3) is 0.632. The predicted molar refractivity (Wildman–Crippen MR) is 96.5 cm³/mol. The lowest BCUT2D eigenvalue weighted by Gasteiger charge is -2.28. The zero-order chi connectivity index (χ0) is 15.9. The molecular weight excluding hydrogens is 284 g/mol. The quantitative estimate of drug-likeness (QED) is 0.510. The Balaban J connectivity index is 1.42. The molecule has 1 heterocycles. The molecule has 4 nitrogen and oxygen atoms in total. The molecular formula is C19H30N4. The molecule has 1 saturated carbocycles. The number of hydrogen-bond donors (Lipinski definition) is 2. The van der Waals surface area contributed by atoms with Crippen LogP contribution in [0, 0.1) is 0 Å². The van der Waals surface area contributed by atoms with E-state index in [2.05, 4.69) is 39.5 Å². The number of hydrogen-bond acceptors (Lipinski definition) is 2. The van der Waals surface area contributed by atoms with Gasteiger partial charge in [0.15, 0.2) is 5.96 Å². The van der Waals surface area contributed by atoms with Gasteiger partial charge in [0.2, 0.25) is 0 Å². The second-order valence-electron chi connectivity index (χ2n) is 6.89. The Morgan fingerprint density at radius 3 is 2.65 bits per heavy atom. The second-order valence-corrected chi connectivity index (χ2v) is 6.89. The van der Waals surface area contributed by atoms with Gasteiger partial charge in [0.1, 0.15) is 0 Å². The summed E-state index contributed by atoms with van der Waals surface area (Å²) < 4.78 is 0. The average molecular weight is 314 g/mol. The van der Waals surface area contributed by atoms with E-state index in [1.54, 1.807) is 0 Å². The van der Waals surface area contributed by atoms with Crippen LogP contribution in [0.4, 0.5) is 0 Å². The minimum atomic E-state index is 0.531. The van der Waals surface area contributed by atoms with Crippen molar-refractivity contribution in [2.24, 2.45) is 10.7 Å². The summed E-state index contributed by atoms with van der Waals surface area (Å²) in [6.07, 6.45) is 8.99. The Hall–Kier alpha value is -1.55. The maximum atomic E-state index is 6.07. The van der Waals surface area contributed by atoms with Gasteiger partial charge in [-0.1, -0.05) is 49.9 Å². The number of rotatable bonds is 4. The van der Waals surface area contributed by atoms with Crippen LogP contribution < -0.4 is 11.1 Å². The van der Waals surface area contributed by atoms with Gasteiger partial charge in [0.05, 0.1) is 6.54 Å². The molecule has 23 heavy (non-hydrogen) atoms. The number of aliphatic imine (C=N–C) groups is 1. The lowest BCUT2D eigenvalue weighted by Crippen LogP contribution is -2.40. The zero-order valence-electron chi connectivity index (χ0n) is 14.1. The van der Waals surface area contributed by atoms with E-state index in [1.807, 2.05) is 0 Å². The summed E-state index contributed by atoms with van der Waals surface area (Å²) in [5, 5.41) is 3.42. The van der Waals surface area contributed by atoms with Crippen LogP contribution in [0.25, 0.3) is 0 Å². The van der Waals surface area contributed by atoms with Crippen LogP contribution in [0.2, 0.25) is 0 Å². The summed E-state index contributed by atoms with van der Waals surface area (Å²) in [4.78, 5) is 7.02. The molecule has 0 saturated heterocycles. The number of nitrogens with zero attached hydrogens (tertiary/aromatic N) is 2. The molecule has 0 atom stereocenters. The third-order valence-corrected chi connectivity index (χ3v) is 5.12. The molecule has 3 N–H and O–H groups in total. The van der Waals surface area contributed by atoms with E-state index in [-0.39, 0.29) is 0 Å². The molecule has 4 heteroatoms. The summed E-state index contributed by atoms with van der Waals surface area (Å²) in [7, 11) is 0. The summed E-state index contributed by atoms with van der Waals surface area (Å²) in [6, 6.07) is 9.29. The predicted octanol–water partition coefficient (Wildman–Crippen LogP) is 2.67. The second kappa shape index (κ2) is 8.34. The summed E-state index contributed by atoms with van der Waals surface area (Å²) >= 11 is 0. The van der Waals surface area contributed by atoms with Crippen molar-refractivity contribution in [3.63, 3.8) is 0 Å². The fourth-order valence-electron chi connectivity index (χ4n) is 3.74. The van der Waals surface area contributed by atoms with Crippen LogP contribution in [0.3, 0.4) is 0 Å². The minimum absolute atomic E-state index is 0.531. The van der Waals surface area contributed by atoms with Crippen LogP contribution in [0.5, 0.6) is 0 Å². The molecule has 1 aromatic carbocycles. The summed E-state index contributed by atoms with van der Waals surface area (Å²) in [6.45, 7) is 3.94. The third-order valence-electron chi connectivity index (χ3n) is 5.12. The Bertz CT molecular complexity index is 518. The summed E-state index contributed by atoms with van der Waals surface area (Å²) in [5.41, 5.74) is 9.03. The van der Waals surface area contributed by atoms with Crippen LogP contribution >= 0.6 is 0 Å². The van der Waals surface area contributed by atoms with Crippen molar-refractivity contribution in [1.29, 1.82) is 0 Å². The van der Waals surface area contributed by atoms with Gasteiger partial charge >= 0.3 is 0 Å². The highest BCUT2D eigenvalue weighted by atomic mass is 15.2. The van der Waals surface area contributed by atoms with Crippen LogP contribution in [-0.4, -0.2) is 36.5 Å². The first kappa shape index (κ1) is 16.3. The number of guanidine groups is 1. The van der Waals surface area contributed by atoms with E-state index >= 15 is 0 Å². The highest BCUT2D eigenvalue weighted by molar-refractivity contribution is 5.78. The van der Waals surface area contributed by atoms with E-state index in [9.17, 15) is 0 Å². The molecule has 2 aliphatic rings. The lowest BCUT2D eigenvalue weighted by atomic mass is 10.00. The average Bonchev–Trinajstić information content (AvgIpc) is 2.83. The Morgan fingerprint density at radius 2 is 1.87 bits per heavy atom. The molecule has 0 amide bonds. The van der Waals surface area contributed by atoms with Gasteiger partial charge in [-0.15, -0.1) is 0 Å². The summed E-state index contributed by atoms with van der Waals surface area (Å²) in [5.74, 6) is 0.634. The van der Waals surface area contributed by atoms with Crippen molar-refractivity contribution in [2.75, 3.05) is 19.6 Å². The first-order valence-electron chi connectivity index (χ1n) is 9.17. The molecule has 1 fully saturated rings. The van der Waals surface area contributed by atoms with Crippen molar-refractivity contribution < 1.29 is 0 Å². The maximum absolute atomic E-state index is 6.07. The van der Waals surface area contributed by atoms with E-state index in [4.69, 9.17) is 5.73 Å². The van der Waals surface area contributed by atoms with Gasteiger partial charge in [-0.05, 0) is 30.4 Å². The van der Waals surface area contributed by atoms with Gasteiger partial charge < -0.3 is 11.1 Å². The molecule has 1 aromatic rings. The largest absolute Gasteiger partial charge is 0.370 e. The molecule has 1 aliphatic carbocycles. The highest BCUT2D eigenvalue weighted by Gasteiger charge is 2.15. The van der Waals surface area contributed by atoms with Crippen LogP contribution in [-0.2, 0) is 13.0 Å². The number of nitrogens with two attached hydrogens (primary N) is 1. The van der Waals surface area contributed by atoms with Crippen molar-refractivity contribution in [3.8, 4) is 0 Å². The molecule has 0 radical (unpaired) electrons. The van der Waals surface area contributed by atoms with E-state index < -0.39 is 0 Å². The Labute approximate surface area is 140 Å². The maximum Gasteiger partial charge on any atom is 0.188 e. The number of nitrogens with one attached hydrogen (secondary N) is 1. The normalized spacial score (nSPS) is 20.8. The van der Waals surface area contributed by atoms with Crippen molar-refractivity contribution >= 4 is 5.96 Å². The molecule has 0 unspecified atom stereocenters. The van der Waals surface area contributed by atoms with Gasteiger partial charge in [-0.2, -0.15) is 0 Å². The topological polar surface area (TPSA) is 53.6 Å². The molecule has 0 aromatic heterocycles. The van der Waals surface area contributed by atoms with Crippen molar-refractivity contribution in [1.82, 2.24) is 10.2 Å². The zero-order valence-corrected chi connectivity index (χ0v) is 14.1. The van der Waals surface area contributed by atoms with E-state index in [1.165, 1.54) is 49.7 Å². The number of fused-ring (bicyclic) bond motifs is 1.